The summed E-state index contributed by atoms with van der Waals surface area (Å²) in [6, 6.07) is 19.5. The molecule has 0 radical (unpaired) electrons. The Kier molecular flexibility index (Phi) is 5.66. The van der Waals surface area contributed by atoms with Gasteiger partial charge in [-0.2, -0.15) is 0 Å². The van der Waals surface area contributed by atoms with Gasteiger partial charge in [0.25, 0.3) is 5.91 Å². The molecule has 0 unspecified atom stereocenters. The molecule has 8 heteroatoms. The van der Waals surface area contributed by atoms with E-state index in [9.17, 15) is 9.59 Å². The quantitative estimate of drug-likeness (QED) is 0.259. The van der Waals surface area contributed by atoms with Crippen LogP contribution < -0.4 is 10.6 Å². The fraction of sp³-hybridized carbons (Fsp3) is 0.0400. The van der Waals surface area contributed by atoms with Crippen molar-refractivity contribution < 1.29 is 18.4 Å². The van der Waals surface area contributed by atoms with Crippen molar-refractivity contribution in [1.29, 1.82) is 0 Å². The number of hydrogen-bond donors (Lipinski definition) is 2. The number of benzene rings is 3. The Morgan fingerprint density at radius 2 is 1.70 bits per heavy atom. The molecule has 0 saturated heterocycles. The number of para-hydroxylation sites is 1. The molecular weight excluding hydrogens is 508 g/mol. The van der Waals surface area contributed by atoms with E-state index in [0.29, 0.717) is 32.9 Å². The summed E-state index contributed by atoms with van der Waals surface area (Å²) in [5.41, 5.74) is 2.79. The fourth-order valence-corrected chi connectivity index (χ4v) is 4.09. The van der Waals surface area contributed by atoms with Gasteiger partial charge in [-0.05, 0) is 54.6 Å². The van der Waals surface area contributed by atoms with Gasteiger partial charge in [0, 0.05) is 31.5 Å². The summed E-state index contributed by atoms with van der Waals surface area (Å²) in [5, 5.41) is 7.67. The fourth-order valence-electron chi connectivity index (χ4n) is 3.60. The number of furan rings is 2. The van der Waals surface area contributed by atoms with Gasteiger partial charge in [-0.25, -0.2) is 0 Å². The lowest BCUT2D eigenvalue weighted by Gasteiger charge is -2.07. The van der Waals surface area contributed by atoms with Crippen molar-refractivity contribution in [2.24, 2.45) is 0 Å². The Morgan fingerprint density at radius 3 is 2.52 bits per heavy atom. The minimum atomic E-state index is -0.485. The molecule has 2 heterocycles. The number of rotatable bonds is 5. The van der Waals surface area contributed by atoms with Gasteiger partial charge in [0.15, 0.2) is 0 Å². The third-order valence-corrected chi connectivity index (χ3v) is 5.88. The molecule has 6 nitrogen and oxygen atoms in total. The highest BCUT2D eigenvalue weighted by atomic mass is 79.9. The lowest BCUT2D eigenvalue weighted by Crippen LogP contribution is -2.18. The third kappa shape index (κ3) is 4.37. The van der Waals surface area contributed by atoms with E-state index in [1.165, 1.54) is 0 Å². The lowest BCUT2D eigenvalue weighted by molar-refractivity contribution is -0.115. The van der Waals surface area contributed by atoms with Gasteiger partial charge in [-0.15, -0.1) is 0 Å². The van der Waals surface area contributed by atoms with Crippen molar-refractivity contribution in [2.45, 2.75) is 6.42 Å². The van der Waals surface area contributed by atoms with Crippen molar-refractivity contribution in [3.05, 3.63) is 93.8 Å². The number of nitrogens with one attached hydrogen (secondary N) is 2. The van der Waals surface area contributed by atoms with Crippen molar-refractivity contribution >= 4 is 72.7 Å². The average molecular weight is 524 g/mol. The van der Waals surface area contributed by atoms with Crippen LogP contribution >= 0.6 is 27.5 Å². The van der Waals surface area contributed by atoms with E-state index >= 15 is 0 Å². The summed E-state index contributed by atoms with van der Waals surface area (Å²) in [5.74, 6) is -0.773. The predicted octanol–water partition coefficient (Wildman–Crippen LogP) is 7.03. The molecule has 164 valence electrons. The maximum absolute atomic E-state index is 13.0. The number of halogens is 2. The third-order valence-electron chi connectivity index (χ3n) is 5.13. The van der Waals surface area contributed by atoms with E-state index in [-0.39, 0.29) is 18.1 Å². The predicted molar refractivity (Wildman–Crippen MR) is 132 cm³/mol. The van der Waals surface area contributed by atoms with Crippen LogP contribution in [0.1, 0.15) is 16.1 Å². The first-order chi connectivity index (χ1) is 16.0. The summed E-state index contributed by atoms with van der Waals surface area (Å²) < 4.78 is 12.2. The van der Waals surface area contributed by atoms with Crippen LogP contribution in [-0.4, -0.2) is 11.8 Å². The summed E-state index contributed by atoms with van der Waals surface area (Å²) in [6.45, 7) is 0. The maximum Gasteiger partial charge on any atom is 0.293 e. The van der Waals surface area contributed by atoms with Gasteiger partial charge in [0.05, 0.1) is 12.7 Å². The SMILES string of the molecule is O=C(Cc1coc2ccc(Br)cc12)Nc1c(C(=O)Nc2ccc(Cl)cc2)oc2ccccc12. The largest absolute Gasteiger partial charge is 0.464 e. The minimum absolute atomic E-state index is 0.0132. The first-order valence-electron chi connectivity index (χ1n) is 10.0. The second-order valence-corrected chi connectivity index (χ2v) is 8.74. The normalized spacial score (nSPS) is 11.1. The minimum Gasteiger partial charge on any atom is -0.464 e. The van der Waals surface area contributed by atoms with Crippen LogP contribution in [-0.2, 0) is 11.2 Å². The highest BCUT2D eigenvalue weighted by Crippen LogP contribution is 2.32. The molecule has 2 amide bonds. The van der Waals surface area contributed by atoms with Crippen LogP contribution in [0.2, 0.25) is 5.02 Å². The highest BCUT2D eigenvalue weighted by Gasteiger charge is 2.23. The molecule has 0 aliphatic carbocycles. The van der Waals surface area contributed by atoms with Gasteiger partial charge in [-0.3, -0.25) is 9.59 Å². The van der Waals surface area contributed by atoms with Crippen molar-refractivity contribution in [2.75, 3.05) is 10.6 Å². The van der Waals surface area contributed by atoms with Crippen molar-refractivity contribution in [3.63, 3.8) is 0 Å². The Bertz CT molecular complexity index is 1500. The topological polar surface area (TPSA) is 84.5 Å². The molecule has 0 aliphatic heterocycles. The number of fused-ring (bicyclic) bond motifs is 2. The smallest absolute Gasteiger partial charge is 0.293 e. The zero-order valence-electron chi connectivity index (χ0n) is 17.0. The first-order valence-corrected chi connectivity index (χ1v) is 11.2. The number of carbonyl (C=O) groups is 2. The first kappa shape index (κ1) is 21.3. The van der Waals surface area contributed by atoms with Gasteiger partial charge < -0.3 is 19.5 Å². The molecule has 0 saturated carbocycles. The van der Waals surface area contributed by atoms with Crippen LogP contribution in [0.15, 0.2) is 86.3 Å². The zero-order chi connectivity index (χ0) is 22.9. The van der Waals surface area contributed by atoms with E-state index in [2.05, 4.69) is 26.6 Å². The van der Waals surface area contributed by atoms with E-state index in [4.69, 9.17) is 20.4 Å². The summed E-state index contributed by atoms with van der Waals surface area (Å²) in [6.07, 6.45) is 1.64. The number of carbonyl (C=O) groups excluding carboxylic acids is 2. The standard InChI is InChI=1S/C25H16BrClN2O4/c26-15-5-10-20-19(12-15)14(13-32-20)11-22(30)29-23-18-3-1-2-4-21(18)33-24(23)25(31)28-17-8-6-16(27)7-9-17/h1-10,12-13H,11H2,(H,28,31)(H,29,30). The lowest BCUT2D eigenvalue weighted by atomic mass is 10.1. The summed E-state index contributed by atoms with van der Waals surface area (Å²) in [4.78, 5) is 26.0. The molecule has 2 N–H and O–H groups in total. The molecule has 33 heavy (non-hydrogen) atoms. The second kappa shape index (κ2) is 8.77. The van der Waals surface area contributed by atoms with E-state index in [1.54, 1.807) is 48.7 Å². The second-order valence-electron chi connectivity index (χ2n) is 7.39. The van der Waals surface area contributed by atoms with Crippen molar-refractivity contribution in [3.8, 4) is 0 Å². The van der Waals surface area contributed by atoms with E-state index in [1.807, 2.05) is 24.3 Å². The van der Waals surface area contributed by atoms with Gasteiger partial charge in [0.1, 0.15) is 16.9 Å². The van der Waals surface area contributed by atoms with Crippen LogP contribution in [0.5, 0.6) is 0 Å². The molecule has 0 atom stereocenters. The Morgan fingerprint density at radius 1 is 0.909 bits per heavy atom. The van der Waals surface area contributed by atoms with Gasteiger partial charge in [0.2, 0.25) is 11.7 Å². The number of hydrogen-bond acceptors (Lipinski definition) is 4. The average Bonchev–Trinajstić information content (AvgIpc) is 3.37. The molecule has 3 aromatic carbocycles. The molecular formula is C25H16BrClN2O4. The summed E-state index contributed by atoms with van der Waals surface area (Å²) in [7, 11) is 0. The molecule has 0 bridgehead atoms. The Hall–Kier alpha value is -3.55. The Balaban J connectivity index is 1.44. The monoisotopic (exact) mass is 522 g/mol. The van der Waals surface area contributed by atoms with Gasteiger partial charge in [-0.1, -0.05) is 39.7 Å². The molecule has 5 aromatic rings. The van der Waals surface area contributed by atoms with E-state index < -0.39 is 5.91 Å². The molecule has 5 rings (SSSR count). The van der Waals surface area contributed by atoms with Gasteiger partial charge >= 0.3 is 0 Å². The van der Waals surface area contributed by atoms with Crippen LogP contribution in [0.4, 0.5) is 11.4 Å². The van der Waals surface area contributed by atoms with E-state index in [0.717, 1.165) is 15.4 Å². The Labute approximate surface area is 201 Å². The molecule has 2 aromatic heterocycles. The van der Waals surface area contributed by atoms with Crippen LogP contribution in [0.3, 0.4) is 0 Å². The molecule has 0 fully saturated rings. The van der Waals surface area contributed by atoms with Crippen LogP contribution in [0.25, 0.3) is 21.9 Å². The number of amides is 2. The maximum atomic E-state index is 13.0. The zero-order valence-corrected chi connectivity index (χ0v) is 19.4. The highest BCUT2D eigenvalue weighted by molar-refractivity contribution is 9.10. The van der Waals surface area contributed by atoms with Crippen LogP contribution in [0, 0.1) is 0 Å². The summed E-state index contributed by atoms with van der Waals surface area (Å²) >= 11 is 9.36. The molecule has 0 aliphatic rings. The van der Waals surface area contributed by atoms with Crippen molar-refractivity contribution in [1.82, 2.24) is 0 Å². The number of anilines is 2. The molecule has 0 spiro atoms.